The number of aliphatic hydroxyl groups is 1. The van der Waals surface area contributed by atoms with Crippen LogP contribution < -0.4 is 0 Å². The highest BCUT2D eigenvalue weighted by molar-refractivity contribution is 5.85. The topological polar surface area (TPSA) is 54.4 Å². The van der Waals surface area contributed by atoms with Crippen LogP contribution in [-0.4, -0.2) is 22.8 Å². The molecule has 0 radical (unpaired) electrons. The molecule has 0 amide bonds. The average molecular weight is 417 g/mol. The summed E-state index contributed by atoms with van der Waals surface area (Å²) in [6.45, 7) is 11.6. The molecule has 170 valence electrons. The number of ketones is 2. The Hall–Kier alpha value is -0.700. The first-order valence-corrected chi connectivity index (χ1v) is 12.8. The molecule has 3 heteroatoms. The third-order valence-electron chi connectivity index (χ3n) is 10.5. The Balaban J connectivity index is 1.54. The number of rotatable bonds is 5. The van der Waals surface area contributed by atoms with Gasteiger partial charge in [0.15, 0.2) is 0 Å². The largest absolute Gasteiger partial charge is 0.392 e. The van der Waals surface area contributed by atoms with Gasteiger partial charge in [0.25, 0.3) is 0 Å². The minimum Gasteiger partial charge on any atom is -0.392 e. The molecule has 0 spiro atoms. The molecule has 0 bridgehead atoms. The van der Waals surface area contributed by atoms with Gasteiger partial charge in [-0.25, -0.2) is 0 Å². The summed E-state index contributed by atoms with van der Waals surface area (Å²) in [4.78, 5) is 25.5. The third kappa shape index (κ3) is 3.42. The van der Waals surface area contributed by atoms with Crippen molar-refractivity contribution >= 4 is 11.6 Å². The molecule has 0 aromatic heterocycles. The first kappa shape index (κ1) is 22.5. The number of fused-ring (bicyclic) bond motifs is 5. The molecule has 4 saturated carbocycles. The number of carbonyl (C=O) groups is 2. The molecule has 4 fully saturated rings. The van der Waals surface area contributed by atoms with Crippen LogP contribution in [0.5, 0.6) is 0 Å². The van der Waals surface area contributed by atoms with Crippen LogP contribution in [0, 0.1) is 52.3 Å². The van der Waals surface area contributed by atoms with Crippen molar-refractivity contribution in [3.63, 3.8) is 0 Å². The van der Waals surface area contributed by atoms with Crippen molar-refractivity contribution in [1.82, 2.24) is 0 Å². The quantitative estimate of drug-likeness (QED) is 0.614. The summed E-state index contributed by atoms with van der Waals surface area (Å²) in [5.74, 6) is 4.03. The molecule has 0 aromatic rings. The lowest BCUT2D eigenvalue weighted by Gasteiger charge is -2.61. The van der Waals surface area contributed by atoms with Gasteiger partial charge in [-0.15, -0.1) is 0 Å². The van der Waals surface area contributed by atoms with E-state index in [1.54, 1.807) is 0 Å². The number of hydrogen-bond acceptors (Lipinski definition) is 3. The van der Waals surface area contributed by atoms with Crippen molar-refractivity contribution in [2.75, 3.05) is 0 Å². The van der Waals surface area contributed by atoms with Crippen LogP contribution in [0.15, 0.2) is 0 Å². The van der Waals surface area contributed by atoms with E-state index in [-0.39, 0.29) is 22.5 Å². The van der Waals surface area contributed by atoms with E-state index in [2.05, 4.69) is 34.6 Å². The Morgan fingerprint density at radius 2 is 1.70 bits per heavy atom. The zero-order chi connectivity index (χ0) is 21.8. The van der Waals surface area contributed by atoms with Crippen LogP contribution in [0.25, 0.3) is 0 Å². The van der Waals surface area contributed by atoms with Gasteiger partial charge in [0, 0.05) is 30.6 Å². The maximum absolute atomic E-state index is 13.3. The van der Waals surface area contributed by atoms with Crippen LogP contribution in [0.1, 0.15) is 98.8 Å². The van der Waals surface area contributed by atoms with Gasteiger partial charge in [-0.1, -0.05) is 47.5 Å². The SMILES string of the molecule is CC(C)CCC[C@H](C)[C@H]1C(=O)C[C@H]2[C@@H]3CCC4CC(=O)CC(O)[C@]4(C)[C@H]3CC[C@]12C. The Morgan fingerprint density at radius 3 is 2.40 bits per heavy atom. The summed E-state index contributed by atoms with van der Waals surface area (Å²) in [6, 6.07) is 0. The molecule has 0 aromatic carbocycles. The molecule has 3 nitrogen and oxygen atoms in total. The molecule has 4 rings (SSSR count). The fourth-order valence-corrected chi connectivity index (χ4v) is 8.92. The summed E-state index contributed by atoms with van der Waals surface area (Å²) >= 11 is 0. The second kappa shape index (κ2) is 8.01. The van der Waals surface area contributed by atoms with Gasteiger partial charge in [-0.05, 0) is 73.0 Å². The lowest BCUT2D eigenvalue weighted by atomic mass is 9.44. The molecule has 4 aliphatic carbocycles. The summed E-state index contributed by atoms with van der Waals surface area (Å²) in [5, 5.41) is 11.0. The smallest absolute Gasteiger partial charge is 0.137 e. The minimum atomic E-state index is -0.497. The van der Waals surface area contributed by atoms with Crippen molar-refractivity contribution < 1.29 is 14.7 Å². The first-order chi connectivity index (χ1) is 14.1. The maximum atomic E-state index is 13.3. The molecule has 1 N–H and O–H groups in total. The van der Waals surface area contributed by atoms with Crippen LogP contribution in [0.2, 0.25) is 0 Å². The van der Waals surface area contributed by atoms with E-state index in [4.69, 9.17) is 0 Å². The van der Waals surface area contributed by atoms with Crippen LogP contribution in [0.4, 0.5) is 0 Å². The van der Waals surface area contributed by atoms with Gasteiger partial charge in [0.05, 0.1) is 6.10 Å². The van der Waals surface area contributed by atoms with Crippen molar-refractivity contribution in [2.45, 2.75) is 105 Å². The number of Topliss-reactive ketones (excluding diaryl/α,β-unsaturated/α-hetero) is 2. The summed E-state index contributed by atoms with van der Waals surface area (Å²) < 4.78 is 0. The van der Waals surface area contributed by atoms with Gasteiger partial charge in [0.2, 0.25) is 0 Å². The van der Waals surface area contributed by atoms with Crippen molar-refractivity contribution in [3.8, 4) is 0 Å². The van der Waals surface area contributed by atoms with Gasteiger partial charge in [0.1, 0.15) is 11.6 Å². The molecular weight excluding hydrogens is 372 g/mol. The second-order valence-electron chi connectivity index (χ2n) is 12.5. The summed E-state index contributed by atoms with van der Waals surface area (Å²) in [7, 11) is 0. The van der Waals surface area contributed by atoms with Crippen molar-refractivity contribution in [2.24, 2.45) is 52.3 Å². The van der Waals surface area contributed by atoms with Crippen LogP contribution in [-0.2, 0) is 9.59 Å². The van der Waals surface area contributed by atoms with Crippen LogP contribution in [0.3, 0.4) is 0 Å². The highest BCUT2D eigenvalue weighted by atomic mass is 16.3. The Morgan fingerprint density at radius 1 is 0.967 bits per heavy atom. The molecule has 2 unspecified atom stereocenters. The average Bonchev–Trinajstić information content (AvgIpc) is 2.93. The predicted molar refractivity (Wildman–Crippen MR) is 120 cm³/mol. The molecule has 9 atom stereocenters. The molecule has 0 saturated heterocycles. The fourth-order valence-electron chi connectivity index (χ4n) is 8.92. The minimum absolute atomic E-state index is 0.133. The van der Waals surface area contributed by atoms with Crippen molar-refractivity contribution in [1.29, 1.82) is 0 Å². The first-order valence-electron chi connectivity index (χ1n) is 12.8. The Kier molecular flexibility index (Phi) is 6.01. The van der Waals surface area contributed by atoms with E-state index in [1.807, 2.05) is 0 Å². The zero-order valence-corrected chi connectivity index (χ0v) is 20.0. The Bertz CT molecular complexity index is 684. The number of carbonyl (C=O) groups excluding carboxylic acids is 2. The van der Waals surface area contributed by atoms with Gasteiger partial charge in [-0.3, -0.25) is 9.59 Å². The summed E-state index contributed by atoms with van der Waals surface area (Å²) in [5.41, 5.74) is -0.00367. The molecule has 0 aliphatic heterocycles. The van der Waals surface area contributed by atoms with Crippen LogP contribution >= 0.6 is 0 Å². The predicted octanol–water partition coefficient (Wildman–Crippen LogP) is 5.83. The van der Waals surface area contributed by atoms with E-state index in [0.717, 1.165) is 38.0 Å². The molecular formula is C27H44O3. The lowest BCUT2D eigenvalue weighted by Crippen LogP contribution is -2.58. The molecule has 4 aliphatic rings. The highest BCUT2D eigenvalue weighted by Crippen LogP contribution is 2.67. The van der Waals surface area contributed by atoms with E-state index in [0.29, 0.717) is 48.2 Å². The normalized spacial score (nSPS) is 47.0. The second-order valence-corrected chi connectivity index (χ2v) is 12.5. The maximum Gasteiger partial charge on any atom is 0.137 e. The zero-order valence-electron chi connectivity index (χ0n) is 20.0. The molecule has 0 heterocycles. The van der Waals surface area contributed by atoms with Crippen molar-refractivity contribution in [3.05, 3.63) is 0 Å². The highest BCUT2D eigenvalue weighted by Gasteiger charge is 2.64. The monoisotopic (exact) mass is 416 g/mol. The van der Waals surface area contributed by atoms with Gasteiger partial charge >= 0.3 is 0 Å². The van der Waals surface area contributed by atoms with E-state index in [9.17, 15) is 14.7 Å². The van der Waals surface area contributed by atoms with Gasteiger partial charge in [-0.2, -0.15) is 0 Å². The third-order valence-corrected chi connectivity index (χ3v) is 10.5. The fraction of sp³-hybridized carbons (Fsp3) is 0.926. The van der Waals surface area contributed by atoms with E-state index < -0.39 is 6.10 Å². The van der Waals surface area contributed by atoms with E-state index in [1.165, 1.54) is 19.3 Å². The van der Waals surface area contributed by atoms with E-state index >= 15 is 0 Å². The summed E-state index contributed by atoms with van der Waals surface area (Å²) in [6.07, 6.45) is 9.36. The number of aliphatic hydroxyl groups excluding tert-OH is 1. The lowest BCUT2D eigenvalue weighted by molar-refractivity contribution is -0.171. The standard InChI is InChI=1S/C27H44O3/c1-16(2)7-6-8-17(3)25-23(29)15-22-20-10-9-18-13-19(28)14-24(30)27(18,5)21(20)11-12-26(22,25)4/h16-18,20-22,24-25,30H,6-15H2,1-5H3/t17-,18?,20+,21-,22-,24?,25-,26-,27-/m0/s1. The Labute approximate surface area is 183 Å². The molecule has 30 heavy (non-hydrogen) atoms. The number of hydrogen-bond donors (Lipinski definition) is 1. The van der Waals surface area contributed by atoms with Gasteiger partial charge < -0.3 is 5.11 Å².